The molecule has 204 valence electrons. The summed E-state index contributed by atoms with van der Waals surface area (Å²) < 4.78 is 38.1. The van der Waals surface area contributed by atoms with Crippen molar-refractivity contribution in [1.29, 1.82) is 0 Å². The van der Waals surface area contributed by atoms with Crippen molar-refractivity contribution in [2.24, 2.45) is 11.8 Å². The molecule has 1 fully saturated rings. The predicted molar refractivity (Wildman–Crippen MR) is 141 cm³/mol. The highest BCUT2D eigenvalue weighted by Crippen LogP contribution is 2.31. The van der Waals surface area contributed by atoms with E-state index in [9.17, 15) is 22.8 Å². The molecule has 38 heavy (non-hydrogen) atoms. The number of nitrogens with zero attached hydrogens (tertiary/aromatic N) is 3. The number of anilines is 1. The van der Waals surface area contributed by atoms with E-state index >= 15 is 0 Å². The lowest BCUT2D eigenvalue weighted by molar-refractivity contribution is -0.137. The Balaban J connectivity index is 1.30. The van der Waals surface area contributed by atoms with Crippen molar-refractivity contribution in [2.45, 2.75) is 64.5 Å². The number of carbonyl (C=O) groups is 2. The highest BCUT2D eigenvalue weighted by molar-refractivity contribution is 6.32. The van der Waals surface area contributed by atoms with Gasteiger partial charge in [0, 0.05) is 37.8 Å². The number of aromatic nitrogens is 2. The smallest absolute Gasteiger partial charge is 0.320 e. The maximum absolute atomic E-state index is 12.7. The fraction of sp³-hybridized carbons (Fsp3) is 0.500. The van der Waals surface area contributed by atoms with Crippen LogP contribution in [0.3, 0.4) is 0 Å². The molecule has 2 aliphatic rings. The monoisotopic (exact) mass is 548 g/mol. The van der Waals surface area contributed by atoms with Crippen LogP contribution < -0.4 is 5.32 Å². The number of hydrogen-bond donors (Lipinski definition) is 1. The largest absolute Gasteiger partial charge is 0.417 e. The summed E-state index contributed by atoms with van der Waals surface area (Å²) in [5, 5.41) is 3.03. The average Bonchev–Trinajstić information content (AvgIpc) is 2.89. The van der Waals surface area contributed by atoms with Crippen molar-refractivity contribution in [3.8, 4) is 0 Å². The van der Waals surface area contributed by atoms with Gasteiger partial charge < -0.3 is 4.90 Å². The zero-order valence-electron chi connectivity index (χ0n) is 21.4. The van der Waals surface area contributed by atoms with Gasteiger partial charge in [-0.05, 0) is 48.1 Å². The molecular formula is C28H32ClF3N4O2. The van der Waals surface area contributed by atoms with Crippen LogP contribution in [0.25, 0.3) is 5.57 Å². The van der Waals surface area contributed by atoms with Crippen LogP contribution in [0.2, 0.25) is 5.02 Å². The van der Waals surface area contributed by atoms with Gasteiger partial charge in [-0.2, -0.15) is 13.2 Å². The Bertz CT molecular complexity index is 1180. The molecule has 1 aliphatic carbocycles. The quantitative estimate of drug-likeness (QED) is 0.397. The van der Waals surface area contributed by atoms with Crippen molar-refractivity contribution in [3.05, 3.63) is 58.5 Å². The van der Waals surface area contributed by atoms with Crippen LogP contribution in [0.5, 0.6) is 0 Å². The highest BCUT2D eigenvalue weighted by atomic mass is 35.5. The molecule has 1 unspecified atom stereocenters. The SMILES string of the molecule is CC(Cc1cnc(C2=CCN(C(=O)Nc3ccc(C(F)(F)F)cn3)CC2)c(Cl)c1)C(=O)CC1CCCCC1. The summed E-state index contributed by atoms with van der Waals surface area (Å²) in [4.78, 5) is 35.0. The molecule has 2 aromatic heterocycles. The van der Waals surface area contributed by atoms with Crippen molar-refractivity contribution < 1.29 is 22.8 Å². The number of hydrogen-bond acceptors (Lipinski definition) is 4. The van der Waals surface area contributed by atoms with E-state index in [4.69, 9.17) is 11.6 Å². The predicted octanol–water partition coefficient (Wildman–Crippen LogP) is 7.19. The molecule has 0 spiro atoms. The zero-order valence-corrected chi connectivity index (χ0v) is 22.1. The van der Waals surface area contributed by atoms with Gasteiger partial charge in [-0.25, -0.2) is 9.78 Å². The van der Waals surface area contributed by atoms with Gasteiger partial charge in [-0.3, -0.25) is 15.1 Å². The first kappa shape index (κ1) is 28.1. The Morgan fingerprint density at radius 2 is 1.92 bits per heavy atom. The van der Waals surface area contributed by atoms with Crippen molar-refractivity contribution in [3.63, 3.8) is 0 Å². The van der Waals surface area contributed by atoms with Gasteiger partial charge in [0.05, 0.1) is 16.3 Å². The van der Waals surface area contributed by atoms with Gasteiger partial charge in [0.15, 0.2) is 0 Å². The molecule has 6 nitrogen and oxygen atoms in total. The summed E-state index contributed by atoms with van der Waals surface area (Å²) in [6, 6.07) is 3.42. The lowest BCUT2D eigenvalue weighted by atomic mass is 9.83. The Hall–Kier alpha value is -2.94. The summed E-state index contributed by atoms with van der Waals surface area (Å²) >= 11 is 6.56. The number of urea groups is 1. The maximum Gasteiger partial charge on any atom is 0.417 e. The normalized spacial score (nSPS) is 17.6. The van der Waals surface area contributed by atoms with E-state index in [2.05, 4.69) is 15.3 Å². The van der Waals surface area contributed by atoms with E-state index in [1.165, 1.54) is 24.2 Å². The summed E-state index contributed by atoms with van der Waals surface area (Å²) in [6.45, 7) is 2.66. The van der Waals surface area contributed by atoms with Gasteiger partial charge in [0.25, 0.3) is 0 Å². The number of amides is 2. The topological polar surface area (TPSA) is 75.2 Å². The summed E-state index contributed by atoms with van der Waals surface area (Å²) in [5.41, 5.74) is 1.61. The van der Waals surface area contributed by atoms with E-state index < -0.39 is 17.8 Å². The molecule has 10 heteroatoms. The molecule has 2 amide bonds. The summed E-state index contributed by atoms with van der Waals surface area (Å²) in [6.07, 6.45) is 7.65. The summed E-state index contributed by atoms with van der Waals surface area (Å²) in [5.74, 6) is 0.788. The van der Waals surface area contributed by atoms with Gasteiger partial charge >= 0.3 is 12.2 Å². The standard InChI is InChI=1S/C28H32ClF3N4O2/c1-18(24(37)15-19-5-3-2-4-6-19)13-20-14-23(29)26(34-16-20)21-9-11-36(12-10-21)27(38)35-25-8-7-22(17-33-25)28(30,31)32/h7-9,14,16-19H,2-6,10-13,15H2,1H3,(H,33,35,38). The minimum Gasteiger partial charge on any atom is -0.320 e. The van der Waals surface area contributed by atoms with Gasteiger partial charge in [-0.1, -0.05) is 56.7 Å². The fourth-order valence-corrected chi connectivity index (χ4v) is 5.37. The molecule has 1 atom stereocenters. The Labute approximate surface area is 225 Å². The number of carbonyl (C=O) groups excluding carboxylic acids is 2. The van der Waals surface area contributed by atoms with Crippen molar-refractivity contribution in [1.82, 2.24) is 14.9 Å². The lowest BCUT2D eigenvalue weighted by Gasteiger charge is -2.26. The molecule has 0 radical (unpaired) electrons. The Morgan fingerprint density at radius 1 is 1.16 bits per heavy atom. The Morgan fingerprint density at radius 3 is 2.53 bits per heavy atom. The number of Topliss-reactive ketones (excluding diaryl/α,β-unsaturated/α-hetero) is 1. The van der Waals surface area contributed by atoms with Crippen LogP contribution in [0.4, 0.5) is 23.8 Å². The highest BCUT2D eigenvalue weighted by Gasteiger charge is 2.31. The molecular weight excluding hydrogens is 517 g/mol. The van der Waals surface area contributed by atoms with E-state index in [0.717, 1.165) is 36.1 Å². The molecule has 4 rings (SSSR count). The molecule has 0 bridgehead atoms. The maximum atomic E-state index is 12.7. The Kier molecular flexibility index (Phi) is 9.07. The van der Waals surface area contributed by atoms with E-state index in [1.807, 2.05) is 19.1 Å². The fourth-order valence-electron chi connectivity index (χ4n) is 5.06. The van der Waals surface area contributed by atoms with Gasteiger partial charge in [0.2, 0.25) is 0 Å². The van der Waals surface area contributed by atoms with Crippen LogP contribution in [-0.2, 0) is 17.4 Å². The van der Waals surface area contributed by atoms with Crippen molar-refractivity contribution >= 4 is 34.8 Å². The molecule has 0 saturated heterocycles. The second-order valence-corrected chi connectivity index (χ2v) is 10.6. The third-order valence-electron chi connectivity index (χ3n) is 7.33. The molecule has 1 aliphatic heterocycles. The molecule has 1 saturated carbocycles. The first-order chi connectivity index (χ1) is 18.1. The zero-order chi connectivity index (χ0) is 27.3. The molecule has 2 aromatic rings. The van der Waals surface area contributed by atoms with Crippen LogP contribution >= 0.6 is 11.6 Å². The minimum atomic E-state index is -4.48. The van der Waals surface area contributed by atoms with Gasteiger partial charge in [0.1, 0.15) is 11.6 Å². The summed E-state index contributed by atoms with van der Waals surface area (Å²) in [7, 11) is 0. The third kappa shape index (κ3) is 7.34. The van der Waals surface area contributed by atoms with E-state index in [0.29, 0.717) is 61.0 Å². The first-order valence-corrected chi connectivity index (χ1v) is 13.4. The van der Waals surface area contributed by atoms with E-state index in [1.54, 1.807) is 6.20 Å². The number of alkyl halides is 3. The van der Waals surface area contributed by atoms with Gasteiger partial charge in [-0.15, -0.1) is 0 Å². The van der Waals surface area contributed by atoms with Crippen LogP contribution in [0.15, 0.2) is 36.7 Å². The number of halogens is 4. The molecule has 1 N–H and O–H groups in total. The average molecular weight is 549 g/mol. The van der Waals surface area contributed by atoms with Crippen LogP contribution in [0.1, 0.15) is 68.7 Å². The first-order valence-electron chi connectivity index (χ1n) is 13.1. The third-order valence-corrected chi connectivity index (χ3v) is 7.62. The number of ketones is 1. The minimum absolute atomic E-state index is 0.0459. The molecule has 3 heterocycles. The molecule has 0 aromatic carbocycles. The number of rotatable bonds is 7. The van der Waals surface area contributed by atoms with E-state index in [-0.39, 0.29) is 11.7 Å². The number of pyridine rings is 2. The second kappa shape index (κ2) is 12.3. The van der Waals surface area contributed by atoms with Crippen molar-refractivity contribution in [2.75, 3.05) is 18.4 Å². The number of nitrogens with one attached hydrogen (secondary N) is 1. The second-order valence-electron chi connectivity index (χ2n) is 10.2. The van der Waals surface area contributed by atoms with Crippen LogP contribution in [0, 0.1) is 11.8 Å². The van der Waals surface area contributed by atoms with Crippen LogP contribution in [-0.4, -0.2) is 39.8 Å². The lowest BCUT2D eigenvalue weighted by Crippen LogP contribution is -2.38.